The number of nitrogens with one attached hydrogen (secondary N) is 1. The zero-order valence-electron chi connectivity index (χ0n) is 17.1. The van der Waals surface area contributed by atoms with Crippen LogP contribution in [0.25, 0.3) is 0 Å². The van der Waals surface area contributed by atoms with Crippen LogP contribution in [-0.4, -0.2) is 43.8 Å². The quantitative estimate of drug-likeness (QED) is 0.660. The highest BCUT2D eigenvalue weighted by molar-refractivity contribution is 7.89. The number of nitrogens with zero attached hydrogens (tertiary/aromatic N) is 2. The van der Waals surface area contributed by atoms with Gasteiger partial charge in [0.15, 0.2) is 6.61 Å². The average Bonchev–Trinajstić information content (AvgIpc) is 3.25. The summed E-state index contributed by atoms with van der Waals surface area (Å²) >= 11 is 0. The number of ether oxygens (including phenoxy) is 1. The van der Waals surface area contributed by atoms with Gasteiger partial charge in [0.1, 0.15) is 6.04 Å². The molecule has 1 N–H and O–H groups in total. The third-order valence-corrected chi connectivity index (χ3v) is 6.89. The van der Waals surface area contributed by atoms with Crippen LogP contribution in [0.4, 0.5) is 5.69 Å². The van der Waals surface area contributed by atoms with Crippen LogP contribution in [-0.2, 0) is 30.8 Å². The minimum Gasteiger partial charge on any atom is -0.454 e. The molecule has 9 heteroatoms. The predicted molar refractivity (Wildman–Crippen MR) is 113 cm³/mol. The number of anilines is 1. The van der Waals surface area contributed by atoms with Gasteiger partial charge in [-0.25, -0.2) is 8.42 Å². The van der Waals surface area contributed by atoms with Crippen molar-refractivity contribution in [1.29, 1.82) is 5.26 Å². The maximum absolute atomic E-state index is 12.9. The first kappa shape index (κ1) is 22.5. The first-order valence-electron chi connectivity index (χ1n) is 9.82. The minimum absolute atomic E-state index is 0.121. The van der Waals surface area contributed by atoms with Crippen molar-refractivity contribution in [1.82, 2.24) is 4.31 Å². The largest absolute Gasteiger partial charge is 0.454 e. The SMILES string of the molecule is Cc1ccc(S(=O)(=O)N2CCCC2C(=O)OCC(=O)Nc2ccc(CC#N)cc2)cc1. The topological polar surface area (TPSA) is 117 Å². The summed E-state index contributed by atoms with van der Waals surface area (Å²) in [7, 11) is -3.84. The summed E-state index contributed by atoms with van der Waals surface area (Å²) in [5, 5.41) is 11.3. The molecule has 1 aliphatic heterocycles. The van der Waals surface area contributed by atoms with Gasteiger partial charge in [-0.1, -0.05) is 29.8 Å². The van der Waals surface area contributed by atoms with Crippen LogP contribution in [0.1, 0.15) is 24.0 Å². The molecular weight excluding hydrogens is 418 g/mol. The molecule has 2 aromatic rings. The van der Waals surface area contributed by atoms with E-state index in [9.17, 15) is 18.0 Å². The molecule has 0 spiro atoms. The number of rotatable bonds is 7. The number of hydrogen-bond donors (Lipinski definition) is 1. The van der Waals surface area contributed by atoms with E-state index in [4.69, 9.17) is 10.00 Å². The fourth-order valence-electron chi connectivity index (χ4n) is 3.34. The minimum atomic E-state index is -3.84. The summed E-state index contributed by atoms with van der Waals surface area (Å²) in [6, 6.07) is 14.3. The van der Waals surface area contributed by atoms with E-state index in [0.29, 0.717) is 18.5 Å². The Morgan fingerprint density at radius 1 is 1.16 bits per heavy atom. The molecule has 162 valence electrons. The Kier molecular flexibility index (Phi) is 7.05. The lowest BCUT2D eigenvalue weighted by Gasteiger charge is -2.22. The molecule has 0 aliphatic carbocycles. The van der Waals surface area contributed by atoms with Gasteiger partial charge in [0, 0.05) is 12.2 Å². The molecular formula is C22H23N3O5S. The van der Waals surface area contributed by atoms with Crippen LogP contribution >= 0.6 is 0 Å². The second-order valence-corrected chi connectivity index (χ2v) is 9.17. The Hall–Kier alpha value is -3.22. The molecule has 1 atom stereocenters. The molecule has 1 aliphatic rings. The molecule has 0 aromatic heterocycles. The third kappa shape index (κ3) is 5.48. The monoisotopic (exact) mass is 441 g/mol. The Morgan fingerprint density at radius 2 is 1.84 bits per heavy atom. The Balaban J connectivity index is 1.58. The van der Waals surface area contributed by atoms with Crippen LogP contribution in [0, 0.1) is 18.3 Å². The van der Waals surface area contributed by atoms with Crippen LogP contribution in [0.2, 0.25) is 0 Å². The van der Waals surface area contributed by atoms with Crippen molar-refractivity contribution in [2.24, 2.45) is 0 Å². The molecule has 1 unspecified atom stereocenters. The van der Waals surface area contributed by atoms with E-state index >= 15 is 0 Å². The number of carbonyl (C=O) groups excluding carboxylic acids is 2. The number of hydrogen-bond acceptors (Lipinski definition) is 6. The molecule has 3 rings (SSSR count). The maximum atomic E-state index is 12.9. The number of aryl methyl sites for hydroxylation is 1. The zero-order chi connectivity index (χ0) is 22.4. The number of amides is 1. The summed E-state index contributed by atoms with van der Waals surface area (Å²) in [5.74, 6) is -1.28. The Labute approximate surface area is 181 Å². The molecule has 1 saturated heterocycles. The van der Waals surface area contributed by atoms with E-state index in [2.05, 4.69) is 5.32 Å². The zero-order valence-corrected chi connectivity index (χ0v) is 17.9. The van der Waals surface area contributed by atoms with Crippen molar-refractivity contribution < 1.29 is 22.7 Å². The maximum Gasteiger partial charge on any atom is 0.324 e. The molecule has 1 amide bonds. The number of carbonyl (C=O) groups is 2. The van der Waals surface area contributed by atoms with E-state index in [0.717, 1.165) is 15.4 Å². The molecule has 2 aromatic carbocycles. The van der Waals surface area contributed by atoms with Crippen LogP contribution in [0.5, 0.6) is 0 Å². The highest BCUT2D eigenvalue weighted by Crippen LogP contribution is 2.27. The summed E-state index contributed by atoms with van der Waals surface area (Å²) in [5.41, 5.74) is 2.26. The molecule has 0 saturated carbocycles. The molecule has 0 bridgehead atoms. The molecule has 0 radical (unpaired) electrons. The van der Waals surface area contributed by atoms with Crippen LogP contribution in [0.15, 0.2) is 53.4 Å². The number of sulfonamides is 1. The van der Waals surface area contributed by atoms with Crippen molar-refractivity contribution in [3.05, 3.63) is 59.7 Å². The predicted octanol–water partition coefficient (Wildman–Crippen LogP) is 2.40. The second-order valence-electron chi connectivity index (χ2n) is 7.27. The standard InChI is InChI=1S/C22H23N3O5S/c1-16-4-10-19(11-5-16)31(28,29)25-14-2-3-20(25)22(27)30-15-21(26)24-18-8-6-17(7-9-18)12-13-23/h4-11,20H,2-3,12,14-15H2,1H3,(H,24,26). The Bertz CT molecular complexity index is 1090. The summed E-state index contributed by atoms with van der Waals surface area (Å²) in [6.07, 6.45) is 1.15. The lowest BCUT2D eigenvalue weighted by Crippen LogP contribution is -2.42. The van der Waals surface area contributed by atoms with Gasteiger partial charge in [-0.15, -0.1) is 0 Å². The molecule has 1 fully saturated rings. The smallest absolute Gasteiger partial charge is 0.324 e. The second kappa shape index (κ2) is 9.73. The van der Waals surface area contributed by atoms with Gasteiger partial charge in [-0.2, -0.15) is 9.57 Å². The van der Waals surface area contributed by atoms with Crippen molar-refractivity contribution >= 4 is 27.6 Å². The van der Waals surface area contributed by atoms with Gasteiger partial charge in [-0.05, 0) is 49.6 Å². The van der Waals surface area contributed by atoms with Gasteiger partial charge in [0.25, 0.3) is 5.91 Å². The highest BCUT2D eigenvalue weighted by Gasteiger charge is 2.40. The fourth-order valence-corrected chi connectivity index (χ4v) is 4.98. The number of benzene rings is 2. The summed E-state index contributed by atoms with van der Waals surface area (Å²) < 4.78 is 32.1. The van der Waals surface area contributed by atoms with Crippen LogP contribution < -0.4 is 5.32 Å². The van der Waals surface area contributed by atoms with E-state index in [-0.39, 0.29) is 17.9 Å². The van der Waals surface area contributed by atoms with Crippen molar-refractivity contribution in [2.45, 2.75) is 37.1 Å². The summed E-state index contributed by atoms with van der Waals surface area (Å²) in [4.78, 5) is 24.7. The van der Waals surface area contributed by atoms with Gasteiger partial charge in [-0.3, -0.25) is 9.59 Å². The molecule has 31 heavy (non-hydrogen) atoms. The normalized spacial score (nSPS) is 16.5. The van der Waals surface area contributed by atoms with Gasteiger partial charge < -0.3 is 10.1 Å². The number of nitriles is 1. The fraction of sp³-hybridized carbons (Fsp3) is 0.318. The van der Waals surface area contributed by atoms with Gasteiger partial charge >= 0.3 is 5.97 Å². The third-order valence-electron chi connectivity index (χ3n) is 4.97. The van der Waals surface area contributed by atoms with Gasteiger partial charge in [0.05, 0.1) is 17.4 Å². The lowest BCUT2D eigenvalue weighted by molar-refractivity contribution is -0.150. The van der Waals surface area contributed by atoms with E-state index in [1.165, 1.54) is 12.1 Å². The summed E-state index contributed by atoms with van der Waals surface area (Å²) in [6.45, 7) is 1.56. The molecule has 1 heterocycles. The average molecular weight is 442 g/mol. The highest BCUT2D eigenvalue weighted by atomic mass is 32.2. The van der Waals surface area contributed by atoms with Crippen molar-refractivity contribution in [3.63, 3.8) is 0 Å². The van der Waals surface area contributed by atoms with Gasteiger partial charge in [0.2, 0.25) is 10.0 Å². The van der Waals surface area contributed by atoms with E-state index < -0.39 is 34.5 Å². The van der Waals surface area contributed by atoms with Crippen molar-refractivity contribution in [3.8, 4) is 6.07 Å². The lowest BCUT2D eigenvalue weighted by atomic mass is 10.1. The first-order chi connectivity index (χ1) is 14.8. The van der Waals surface area contributed by atoms with E-state index in [1.807, 2.05) is 13.0 Å². The first-order valence-corrected chi connectivity index (χ1v) is 11.3. The van der Waals surface area contributed by atoms with Crippen LogP contribution in [0.3, 0.4) is 0 Å². The Morgan fingerprint density at radius 3 is 2.48 bits per heavy atom. The molecule has 8 nitrogen and oxygen atoms in total. The number of esters is 1. The van der Waals surface area contributed by atoms with Crippen molar-refractivity contribution in [2.75, 3.05) is 18.5 Å². The van der Waals surface area contributed by atoms with E-state index in [1.54, 1.807) is 36.4 Å².